The number of halogens is 1. The van der Waals surface area contributed by atoms with Gasteiger partial charge in [-0.15, -0.1) is 10.2 Å². The number of carbonyl (C=O) groups excluding carboxylic acids is 1. The summed E-state index contributed by atoms with van der Waals surface area (Å²) < 4.78 is 2.85. The van der Waals surface area contributed by atoms with Crippen molar-refractivity contribution in [3.05, 3.63) is 28.7 Å². The summed E-state index contributed by atoms with van der Waals surface area (Å²) in [6.07, 6.45) is 0. The topological polar surface area (TPSA) is 85.8 Å². The van der Waals surface area contributed by atoms with E-state index < -0.39 is 0 Å². The number of rotatable bonds is 4. The smallest absolute Gasteiger partial charge is 0.244 e. The second kappa shape index (κ2) is 6.18. The monoisotopic (exact) mass is 341 g/mol. The van der Waals surface area contributed by atoms with Gasteiger partial charge < -0.3 is 4.57 Å². The fourth-order valence-electron chi connectivity index (χ4n) is 1.46. The van der Waals surface area contributed by atoms with E-state index in [9.17, 15) is 4.79 Å². The number of amides is 1. The lowest BCUT2D eigenvalue weighted by Crippen LogP contribution is -2.31. The summed E-state index contributed by atoms with van der Waals surface area (Å²) in [7, 11) is 1.86. The largest absolute Gasteiger partial charge is 0.305 e. The minimum Gasteiger partial charge on any atom is -0.305 e. The highest BCUT2D eigenvalue weighted by atomic mass is 79.9. The van der Waals surface area contributed by atoms with Crippen LogP contribution in [0.1, 0.15) is 0 Å². The molecule has 1 aromatic heterocycles. The van der Waals surface area contributed by atoms with E-state index in [-0.39, 0.29) is 11.7 Å². The van der Waals surface area contributed by atoms with Crippen molar-refractivity contribution in [1.29, 1.82) is 0 Å². The Balaban J connectivity index is 2.18. The average molecular weight is 342 g/mol. The van der Waals surface area contributed by atoms with Crippen LogP contribution in [0.2, 0.25) is 0 Å². The molecule has 0 saturated carbocycles. The van der Waals surface area contributed by atoms with Gasteiger partial charge in [-0.25, -0.2) is 5.84 Å². The van der Waals surface area contributed by atoms with E-state index in [2.05, 4.69) is 31.6 Å². The fraction of sp³-hybridized carbons (Fsp3) is 0.182. The van der Waals surface area contributed by atoms with Gasteiger partial charge in [-0.2, -0.15) is 0 Å². The van der Waals surface area contributed by atoms with Crippen LogP contribution in [0.25, 0.3) is 11.4 Å². The number of thioether (sulfide) groups is 1. The molecule has 0 aliphatic heterocycles. The van der Waals surface area contributed by atoms with Crippen molar-refractivity contribution in [2.75, 3.05) is 5.75 Å². The molecule has 0 aliphatic rings. The first kappa shape index (κ1) is 14.0. The fourth-order valence-corrected chi connectivity index (χ4v) is 2.45. The predicted octanol–water partition coefficient (Wildman–Crippen LogP) is 1.33. The van der Waals surface area contributed by atoms with Gasteiger partial charge in [0.1, 0.15) is 0 Å². The van der Waals surface area contributed by atoms with Crippen molar-refractivity contribution in [2.45, 2.75) is 5.16 Å². The Bertz CT molecular complexity index is 583. The first-order chi connectivity index (χ1) is 9.11. The van der Waals surface area contributed by atoms with Gasteiger partial charge in [-0.1, -0.05) is 39.8 Å². The standard InChI is InChI=1S/C11H12BrN5OS/c1-17-10(7-2-4-8(12)5-3-7)15-16-11(17)19-6-9(18)14-13/h2-5H,6,13H2,1H3,(H,14,18). The lowest BCUT2D eigenvalue weighted by Gasteiger charge is -2.03. The summed E-state index contributed by atoms with van der Waals surface area (Å²) in [6, 6.07) is 7.79. The maximum atomic E-state index is 11.1. The van der Waals surface area contributed by atoms with Gasteiger partial charge in [0, 0.05) is 17.1 Å². The Hall–Kier alpha value is -1.38. The molecule has 0 bridgehead atoms. The number of carbonyl (C=O) groups is 1. The van der Waals surface area contributed by atoms with Gasteiger partial charge in [0.25, 0.3) is 0 Å². The Kier molecular flexibility index (Phi) is 4.56. The SMILES string of the molecule is Cn1c(SCC(=O)NN)nnc1-c1ccc(Br)cc1. The third-order valence-electron chi connectivity index (χ3n) is 2.43. The molecule has 100 valence electrons. The molecule has 0 atom stereocenters. The molecule has 1 heterocycles. The zero-order valence-corrected chi connectivity index (χ0v) is 12.5. The molecule has 1 aromatic carbocycles. The summed E-state index contributed by atoms with van der Waals surface area (Å²) in [5.74, 6) is 5.74. The summed E-state index contributed by atoms with van der Waals surface area (Å²) in [5, 5.41) is 8.87. The molecular weight excluding hydrogens is 330 g/mol. The van der Waals surface area contributed by atoms with Crippen LogP contribution >= 0.6 is 27.7 Å². The van der Waals surface area contributed by atoms with Crippen molar-refractivity contribution in [1.82, 2.24) is 20.2 Å². The van der Waals surface area contributed by atoms with Crippen molar-refractivity contribution in [3.8, 4) is 11.4 Å². The van der Waals surface area contributed by atoms with Gasteiger partial charge in [-0.3, -0.25) is 10.2 Å². The van der Waals surface area contributed by atoms with Crippen molar-refractivity contribution in [3.63, 3.8) is 0 Å². The third-order valence-corrected chi connectivity index (χ3v) is 3.98. The first-order valence-corrected chi connectivity index (χ1v) is 7.17. The molecule has 0 aliphatic carbocycles. The van der Waals surface area contributed by atoms with E-state index in [0.29, 0.717) is 5.16 Å². The summed E-state index contributed by atoms with van der Waals surface area (Å²) in [6.45, 7) is 0. The quantitative estimate of drug-likeness (QED) is 0.379. The minimum atomic E-state index is -0.252. The number of hydrogen-bond acceptors (Lipinski definition) is 5. The van der Waals surface area contributed by atoms with Crippen LogP contribution in [-0.4, -0.2) is 26.4 Å². The Morgan fingerprint density at radius 2 is 2.11 bits per heavy atom. The van der Waals surface area contributed by atoms with Crippen LogP contribution < -0.4 is 11.3 Å². The molecule has 19 heavy (non-hydrogen) atoms. The van der Waals surface area contributed by atoms with Crippen molar-refractivity contribution >= 4 is 33.6 Å². The summed E-state index contributed by atoms with van der Waals surface area (Å²) >= 11 is 4.67. The Morgan fingerprint density at radius 1 is 1.42 bits per heavy atom. The van der Waals surface area contributed by atoms with Gasteiger partial charge in [0.2, 0.25) is 5.91 Å². The number of hydrogen-bond donors (Lipinski definition) is 2. The molecule has 0 saturated heterocycles. The second-order valence-corrected chi connectivity index (χ2v) is 5.59. The van der Waals surface area contributed by atoms with Crippen LogP contribution in [0.15, 0.2) is 33.9 Å². The highest BCUT2D eigenvalue weighted by Gasteiger charge is 2.12. The van der Waals surface area contributed by atoms with E-state index >= 15 is 0 Å². The minimum absolute atomic E-state index is 0.211. The maximum Gasteiger partial charge on any atom is 0.244 e. The number of nitrogens with one attached hydrogen (secondary N) is 1. The van der Waals surface area contributed by atoms with E-state index in [1.807, 2.05) is 35.9 Å². The van der Waals surface area contributed by atoms with Crippen molar-refractivity contribution in [2.24, 2.45) is 12.9 Å². The highest BCUT2D eigenvalue weighted by molar-refractivity contribution is 9.10. The lowest BCUT2D eigenvalue weighted by molar-refractivity contribution is -0.118. The maximum absolute atomic E-state index is 11.1. The first-order valence-electron chi connectivity index (χ1n) is 5.39. The van der Waals surface area contributed by atoms with E-state index in [1.54, 1.807) is 0 Å². The molecule has 0 unspecified atom stereocenters. The summed E-state index contributed by atoms with van der Waals surface area (Å²) in [4.78, 5) is 11.1. The van der Waals surface area contributed by atoms with Crippen molar-refractivity contribution < 1.29 is 4.79 Å². The number of nitrogens with zero attached hydrogens (tertiary/aromatic N) is 3. The molecule has 2 rings (SSSR count). The summed E-state index contributed by atoms with van der Waals surface area (Å²) in [5.41, 5.74) is 3.04. The zero-order valence-electron chi connectivity index (χ0n) is 10.1. The molecule has 2 aromatic rings. The van der Waals surface area contributed by atoms with Crippen LogP contribution in [0.3, 0.4) is 0 Å². The van der Waals surface area contributed by atoms with Gasteiger partial charge in [-0.05, 0) is 12.1 Å². The van der Waals surface area contributed by atoms with Crippen LogP contribution in [-0.2, 0) is 11.8 Å². The molecule has 3 N–H and O–H groups in total. The number of aromatic nitrogens is 3. The molecule has 0 spiro atoms. The molecule has 6 nitrogen and oxygen atoms in total. The van der Waals surface area contributed by atoms with Gasteiger partial charge >= 0.3 is 0 Å². The lowest BCUT2D eigenvalue weighted by atomic mass is 10.2. The molecule has 0 radical (unpaired) electrons. The molecule has 8 heteroatoms. The van der Waals surface area contributed by atoms with Crippen LogP contribution in [0.4, 0.5) is 0 Å². The van der Waals surface area contributed by atoms with Gasteiger partial charge in [0.05, 0.1) is 5.75 Å². The Labute approximate surface area is 122 Å². The van der Waals surface area contributed by atoms with E-state index in [4.69, 9.17) is 5.84 Å². The normalized spacial score (nSPS) is 10.5. The number of benzene rings is 1. The van der Waals surface area contributed by atoms with Crippen LogP contribution in [0, 0.1) is 0 Å². The second-order valence-electron chi connectivity index (χ2n) is 3.73. The van der Waals surface area contributed by atoms with E-state index in [0.717, 1.165) is 15.9 Å². The van der Waals surface area contributed by atoms with Gasteiger partial charge in [0.15, 0.2) is 11.0 Å². The number of nitrogens with two attached hydrogens (primary N) is 1. The third kappa shape index (κ3) is 3.34. The van der Waals surface area contributed by atoms with E-state index in [1.165, 1.54) is 11.8 Å². The molecule has 1 amide bonds. The zero-order chi connectivity index (χ0) is 13.8. The highest BCUT2D eigenvalue weighted by Crippen LogP contribution is 2.23. The Morgan fingerprint density at radius 3 is 2.74 bits per heavy atom. The predicted molar refractivity (Wildman–Crippen MR) is 77.2 cm³/mol. The molecular formula is C11H12BrN5OS. The van der Waals surface area contributed by atoms with Crippen LogP contribution in [0.5, 0.6) is 0 Å². The molecule has 0 fully saturated rings. The number of hydrazine groups is 1. The average Bonchev–Trinajstić information content (AvgIpc) is 2.78.